The third-order valence-corrected chi connectivity index (χ3v) is 5.07. The van der Waals surface area contributed by atoms with Crippen LogP contribution in [0.4, 0.5) is 4.39 Å². The maximum absolute atomic E-state index is 14.1. The molecule has 142 valence electrons. The molecule has 1 aromatic heterocycles. The van der Waals surface area contributed by atoms with Crippen LogP contribution in [0.3, 0.4) is 0 Å². The minimum atomic E-state index is -0.383. The Morgan fingerprint density at radius 2 is 1.82 bits per heavy atom. The number of hydrogen-bond donors (Lipinski definition) is 0. The molecular weight excluding hydrogens is 347 g/mol. The predicted molar refractivity (Wildman–Crippen MR) is 114 cm³/mol. The molecule has 2 aromatic carbocycles. The zero-order chi connectivity index (χ0) is 20.1. The number of nitriles is 1. The Kier molecular flexibility index (Phi) is 6.11. The average molecular weight is 372 g/mol. The average Bonchev–Trinajstić information content (AvgIpc) is 2.98. The van der Waals surface area contributed by atoms with Crippen molar-refractivity contribution >= 4 is 11.6 Å². The number of allylic oxidation sites excluding steroid dienone is 1. The third kappa shape index (κ3) is 4.07. The molecule has 0 amide bonds. The first-order valence-electron chi connectivity index (χ1n) is 9.70. The molecule has 0 radical (unpaired) electrons. The molecule has 3 rings (SSSR count). The van der Waals surface area contributed by atoms with Crippen molar-refractivity contribution < 1.29 is 4.39 Å². The van der Waals surface area contributed by atoms with Crippen molar-refractivity contribution in [2.75, 3.05) is 0 Å². The molecule has 0 spiro atoms. The predicted octanol–water partition coefficient (Wildman–Crippen LogP) is 6.64. The van der Waals surface area contributed by atoms with Crippen LogP contribution in [0.5, 0.6) is 0 Å². The summed E-state index contributed by atoms with van der Waals surface area (Å²) in [6.45, 7) is 6.28. The zero-order valence-electron chi connectivity index (χ0n) is 16.7. The second-order valence-electron chi connectivity index (χ2n) is 7.08. The molecule has 0 unspecified atom stereocenters. The van der Waals surface area contributed by atoms with E-state index in [2.05, 4.69) is 41.8 Å². The molecular formula is C25H25FN2. The maximum atomic E-state index is 14.1. The lowest BCUT2D eigenvalue weighted by Gasteiger charge is -2.11. The Morgan fingerprint density at radius 1 is 1.11 bits per heavy atom. The Labute approximate surface area is 166 Å². The van der Waals surface area contributed by atoms with Gasteiger partial charge >= 0.3 is 0 Å². The van der Waals surface area contributed by atoms with Crippen LogP contribution in [-0.4, -0.2) is 4.57 Å². The van der Waals surface area contributed by atoms with Crippen LogP contribution < -0.4 is 0 Å². The molecule has 0 saturated carbocycles. The quantitative estimate of drug-likeness (QED) is 0.446. The molecule has 0 aliphatic carbocycles. The van der Waals surface area contributed by atoms with Crippen molar-refractivity contribution in [3.63, 3.8) is 0 Å². The lowest BCUT2D eigenvalue weighted by atomic mass is 10.0. The van der Waals surface area contributed by atoms with Gasteiger partial charge in [0.15, 0.2) is 0 Å². The number of aromatic nitrogens is 1. The van der Waals surface area contributed by atoms with Crippen LogP contribution in [0, 0.1) is 31.0 Å². The first-order valence-corrected chi connectivity index (χ1v) is 9.70. The zero-order valence-corrected chi connectivity index (χ0v) is 16.7. The van der Waals surface area contributed by atoms with Crippen molar-refractivity contribution in [2.24, 2.45) is 0 Å². The minimum absolute atomic E-state index is 0.327. The van der Waals surface area contributed by atoms with Crippen LogP contribution >= 0.6 is 0 Å². The Balaban J connectivity index is 1.98. The van der Waals surface area contributed by atoms with E-state index in [1.54, 1.807) is 24.3 Å². The highest BCUT2D eigenvalue weighted by molar-refractivity contribution is 5.90. The molecule has 3 aromatic rings. The molecule has 28 heavy (non-hydrogen) atoms. The lowest BCUT2D eigenvalue weighted by Crippen LogP contribution is -1.99. The summed E-state index contributed by atoms with van der Waals surface area (Å²) in [5, 5.41) is 9.56. The number of unbranched alkanes of at least 4 members (excludes halogenated alkanes) is 1. The number of nitrogens with zero attached hydrogens (tertiary/aromatic N) is 2. The molecule has 0 saturated heterocycles. The van der Waals surface area contributed by atoms with E-state index in [1.807, 2.05) is 19.9 Å². The van der Waals surface area contributed by atoms with Gasteiger partial charge in [0.2, 0.25) is 0 Å². The summed E-state index contributed by atoms with van der Waals surface area (Å²) in [4.78, 5) is 0. The van der Waals surface area contributed by atoms with Crippen molar-refractivity contribution in [3.05, 3.63) is 88.5 Å². The summed E-state index contributed by atoms with van der Waals surface area (Å²) in [5.41, 5.74) is 6.13. The Morgan fingerprint density at radius 3 is 2.46 bits per heavy atom. The van der Waals surface area contributed by atoms with Crippen molar-refractivity contribution in [1.82, 2.24) is 4.57 Å². The summed E-state index contributed by atoms with van der Waals surface area (Å²) in [6.07, 6.45) is 5.26. The van der Waals surface area contributed by atoms with E-state index in [-0.39, 0.29) is 5.82 Å². The number of rotatable bonds is 6. The van der Waals surface area contributed by atoms with Crippen LogP contribution in [-0.2, 0) is 6.42 Å². The third-order valence-electron chi connectivity index (χ3n) is 5.07. The standard InChI is InChI=1S/C25H25FN2/c1-4-5-8-20-11-13-23(14-12-20)28-18(2)15-21(19(28)3)16-22(17-27)24-9-6-7-10-25(24)26/h6-7,9-16H,4-5,8H2,1-3H3/b22-16-. The molecule has 0 fully saturated rings. The molecule has 0 bridgehead atoms. The SMILES string of the molecule is CCCCc1ccc(-n2c(C)cc(/C=C(/C#N)c3ccccc3F)c2C)cc1. The number of halogens is 1. The van der Waals surface area contributed by atoms with Gasteiger partial charge in [-0.1, -0.05) is 43.7 Å². The summed E-state index contributed by atoms with van der Waals surface area (Å²) in [5.74, 6) is -0.383. The molecule has 0 N–H and O–H groups in total. The highest BCUT2D eigenvalue weighted by atomic mass is 19.1. The Bertz CT molecular complexity index is 1030. The highest BCUT2D eigenvalue weighted by Crippen LogP contribution is 2.26. The summed E-state index contributed by atoms with van der Waals surface area (Å²) in [6, 6.07) is 19.2. The van der Waals surface area contributed by atoms with E-state index in [1.165, 1.54) is 24.5 Å². The topological polar surface area (TPSA) is 28.7 Å². The fourth-order valence-electron chi connectivity index (χ4n) is 3.53. The smallest absolute Gasteiger partial charge is 0.131 e. The van der Waals surface area contributed by atoms with Gasteiger partial charge in [0.05, 0.1) is 11.6 Å². The monoisotopic (exact) mass is 372 g/mol. The van der Waals surface area contributed by atoms with E-state index in [4.69, 9.17) is 0 Å². The molecule has 3 heteroatoms. The van der Waals surface area contributed by atoms with Gasteiger partial charge in [-0.3, -0.25) is 0 Å². The van der Waals surface area contributed by atoms with E-state index in [0.717, 1.165) is 29.1 Å². The molecule has 0 aliphatic heterocycles. The van der Waals surface area contributed by atoms with Crippen LogP contribution in [0.25, 0.3) is 17.3 Å². The second kappa shape index (κ2) is 8.71. The number of aryl methyl sites for hydroxylation is 2. The fourth-order valence-corrected chi connectivity index (χ4v) is 3.53. The summed E-state index contributed by atoms with van der Waals surface area (Å²) >= 11 is 0. The molecule has 1 heterocycles. The van der Waals surface area contributed by atoms with Gasteiger partial charge in [-0.25, -0.2) is 4.39 Å². The number of benzene rings is 2. The fraction of sp³-hybridized carbons (Fsp3) is 0.240. The minimum Gasteiger partial charge on any atom is -0.318 e. The van der Waals surface area contributed by atoms with Crippen molar-refractivity contribution in [3.8, 4) is 11.8 Å². The number of hydrogen-bond acceptors (Lipinski definition) is 1. The van der Waals surface area contributed by atoms with Gasteiger partial charge < -0.3 is 4.57 Å². The van der Waals surface area contributed by atoms with E-state index < -0.39 is 0 Å². The largest absolute Gasteiger partial charge is 0.318 e. The normalized spacial score (nSPS) is 11.5. The Hall–Kier alpha value is -3.12. The molecule has 0 aliphatic rings. The van der Waals surface area contributed by atoms with Crippen LogP contribution in [0.2, 0.25) is 0 Å². The van der Waals surface area contributed by atoms with Gasteiger partial charge in [-0.2, -0.15) is 5.26 Å². The van der Waals surface area contributed by atoms with E-state index >= 15 is 0 Å². The van der Waals surface area contributed by atoms with Gasteiger partial charge in [0.25, 0.3) is 0 Å². The molecule has 0 atom stereocenters. The van der Waals surface area contributed by atoms with Crippen LogP contribution in [0.15, 0.2) is 54.6 Å². The summed E-state index contributed by atoms with van der Waals surface area (Å²) in [7, 11) is 0. The van der Waals surface area contributed by atoms with E-state index in [0.29, 0.717) is 11.1 Å². The first-order chi connectivity index (χ1) is 13.5. The van der Waals surface area contributed by atoms with Gasteiger partial charge in [-0.15, -0.1) is 0 Å². The van der Waals surface area contributed by atoms with E-state index in [9.17, 15) is 9.65 Å². The first kappa shape index (κ1) is 19.6. The lowest BCUT2D eigenvalue weighted by molar-refractivity contribution is 0.624. The van der Waals surface area contributed by atoms with Crippen molar-refractivity contribution in [2.45, 2.75) is 40.0 Å². The maximum Gasteiger partial charge on any atom is 0.131 e. The summed E-state index contributed by atoms with van der Waals surface area (Å²) < 4.78 is 16.3. The van der Waals surface area contributed by atoms with Gasteiger partial charge in [-0.05, 0) is 68.2 Å². The van der Waals surface area contributed by atoms with Crippen molar-refractivity contribution in [1.29, 1.82) is 5.26 Å². The van der Waals surface area contributed by atoms with Gasteiger partial charge in [0, 0.05) is 22.6 Å². The molecule has 2 nitrogen and oxygen atoms in total. The van der Waals surface area contributed by atoms with Crippen LogP contribution in [0.1, 0.15) is 47.8 Å². The highest BCUT2D eigenvalue weighted by Gasteiger charge is 2.12. The van der Waals surface area contributed by atoms with Gasteiger partial charge in [0.1, 0.15) is 5.82 Å². The second-order valence-corrected chi connectivity index (χ2v) is 7.08.